The average Bonchev–Trinajstić information content (AvgIpc) is 3.29. The fourth-order valence-electron chi connectivity index (χ4n) is 3.11. The highest BCUT2D eigenvalue weighted by molar-refractivity contribution is 5.92. The molecule has 6 nitrogen and oxygen atoms in total. The number of alkyl halides is 4. The van der Waals surface area contributed by atoms with Gasteiger partial charge in [0.15, 0.2) is 0 Å². The molecule has 2 aromatic carbocycles. The van der Waals surface area contributed by atoms with Crippen LogP contribution in [-0.2, 0) is 16.1 Å². The lowest BCUT2D eigenvalue weighted by Crippen LogP contribution is -2.20. The second-order valence-electron chi connectivity index (χ2n) is 7.10. The summed E-state index contributed by atoms with van der Waals surface area (Å²) in [5.74, 6) is -0.521. The van der Waals surface area contributed by atoms with Crippen LogP contribution in [-0.4, -0.2) is 38.4 Å². The van der Waals surface area contributed by atoms with E-state index in [-0.39, 0.29) is 24.0 Å². The van der Waals surface area contributed by atoms with Gasteiger partial charge in [0.25, 0.3) is 0 Å². The van der Waals surface area contributed by atoms with Crippen molar-refractivity contribution in [3.8, 4) is 17.2 Å². The fourth-order valence-corrected chi connectivity index (χ4v) is 3.11. The lowest BCUT2D eigenvalue weighted by atomic mass is 10.1. The van der Waals surface area contributed by atoms with Crippen molar-refractivity contribution < 1.29 is 41.3 Å². The summed E-state index contributed by atoms with van der Waals surface area (Å²) < 4.78 is 69.6. The first-order valence-corrected chi connectivity index (χ1v) is 10.2. The van der Waals surface area contributed by atoms with Gasteiger partial charge in [-0.05, 0) is 48.7 Å². The molecule has 1 N–H and O–H groups in total. The van der Waals surface area contributed by atoms with Gasteiger partial charge in [0.05, 0.1) is 6.10 Å². The minimum Gasteiger partial charge on any atom is -0.491 e. The van der Waals surface area contributed by atoms with Crippen molar-refractivity contribution in [2.24, 2.45) is 0 Å². The standard InChI is InChI=1S/C23H23F4NO5/c24-22(25)32-18-9-5-16(20(12-18)33-23(26)27)6-10-21(29)28-13-15-3-7-17(8-4-15)31-14-19-2-1-11-30-19/h3-10,12,19,22-23H,1-2,11,13-14H2,(H,28,29)/b10-6+. The van der Waals surface area contributed by atoms with Crippen LogP contribution in [0.3, 0.4) is 0 Å². The molecule has 0 saturated carbocycles. The Balaban J connectivity index is 1.51. The van der Waals surface area contributed by atoms with Crippen LogP contribution < -0.4 is 19.5 Å². The molecule has 10 heteroatoms. The van der Waals surface area contributed by atoms with Gasteiger partial charge in [-0.15, -0.1) is 0 Å². The van der Waals surface area contributed by atoms with E-state index in [4.69, 9.17) is 9.47 Å². The molecule has 0 spiro atoms. The van der Waals surface area contributed by atoms with Crippen LogP contribution in [0.1, 0.15) is 24.0 Å². The van der Waals surface area contributed by atoms with Crippen molar-refractivity contribution in [3.63, 3.8) is 0 Å². The zero-order chi connectivity index (χ0) is 23.6. The Morgan fingerprint density at radius 3 is 2.45 bits per heavy atom. The number of rotatable bonds is 11. The van der Waals surface area contributed by atoms with E-state index in [0.29, 0.717) is 12.4 Å². The molecular formula is C23H23F4NO5. The molecule has 0 radical (unpaired) electrons. The summed E-state index contributed by atoms with van der Waals surface area (Å²) in [7, 11) is 0. The first-order valence-electron chi connectivity index (χ1n) is 10.2. The lowest BCUT2D eigenvalue weighted by molar-refractivity contribution is -0.116. The Labute approximate surface area is 188 Å². The smallest absolute Gasteiger partial charge is 0.387 e. The summed E-state index contributed by atoms with van der Waals surface area (Å²) in [6, 6.07) is 10.5. The van der Waals surface area contributed by atoms with Gasteiger partial charge in [-0.1, -0.05) is 12.1 Å². The highest BCUT2D eigenvalue weighted by atomic mass is 19.3. The van der Waals surface area contributed by atoms with Gasteiger partial charge in [0.1, 0.15) is 23.9 Å². The van der Waals surface area contributed by atoms with Crippen LogP contribution in [0.15, 0.2) is 48.5 Å². The Kier molecular flexibility index (Phi) is 8.94. The summed E-state index contributed by atoms with van der Waals surface area (Å²) in [6.45, 7) is -4.80. The molecule has 1 aliphatic rings. The van der Waals surface area contributed by atoms with Gasteiger partial charge < -0.3 is 24.3 Å². The first kappa shape index (κ1) is 24.4. The van der Waals surface area contributed by atoms with Crippen molar-refractivity contribution >= 4 is 12.0 Å². The number of carbonyl (C=O) groups is 1. The van der Waals surface area contributed by atoms with Crippen molar-refractivity contribution in [2.75, 3.05) is 13.2 Å². The predicted molar refractivity (Wildman–Crippen MR) is 111 cm³/mol. The Morgan fingerprint density at radius 2 is 1.79 bits per heavy atom. The molecule has 33 heavy (non-hydrogen) atoms. The van der Waals surface area contributed by atoms with E-state index in [1.807, 2.05) is 12.1 Å². The van der Waals surface area contributed by atoms with Gasteiger partial charge in [-0.2, -0.15) is 17.6 Å². The van der Waals surface area contributed by atoms with Gasteiger partial charge in [-0.3, -0.25) is 4.79 Å². The molecule has 0 aromatic heterocycles. The van der Waals surface area contributed by atoms with E-state index in [2.05, 4.69) is 14.8 Å². The van der Waals surface area contributed by atoms with Crippen LogP contribution in [0.25, 0.3) is 6.08 Å². The van der Waals surface area contributed by atoms with E-state index in [1.54, 1.807) is 12.1 Å². The van der Waals surface area contributed by atoms with Crippen molar-refractivity contribution in [1.29, 1.82) is 0 Å². The normalized spacial score (nSPS) is 15.9. The summed E-state index contributed by atoms with van der Waals surface area (Å²) in [4.78, 5) is 12.1. The van der Waals surface area contributed by atoms with E-state index >= 15 is 0 Å². The van der Waals surface area contributed by atoms with E-state index in [9.17, 15) is 22.4 Å². The molecule has 1 saturated heterocycles. The number of benzene rings is 2. The number of halogens is 4. The van der Waals surface area contributed by atoms with Crippen LogP contribution in [0, 0.1) is 0 Å². The summed E-state index contributed by atoms with van der Waals surface area (Å²) in [5, 5.41) is 2.66. The minimum absolute atomic E-state index is 0.0970. The Hall–Kier alpha value is -3.27. The van der Waals surface area contributed by atoms with Crippen molar-refractivity contribution in [2.45, 2.75) is 38.7 Å². The molecule has 0 bridgehead atoms. The van der Waals surface area contributed by atoms with Crippen LogP contribution in [0.5, 0.6) is 17.2 Å². The van der Waals surface area contributed by atoms with Gasteiger partial charge in [-0.25, -0.2) is 0 Å². The maximum atomic E-state index is 12.6. The third-order valence-corrected chi connectivity index (χ3v) is 4.69. The fraction of sp³-hybridized carbons (Fsp3) is 0.348. The zero-order valence-corrected chi connectivity index (χ0v) is 17.5. The molecule has 1 atom stereocenters. The summed E-state index contributed by atoms with van der Waals surface area (Å²) >= 11 is 0. The number of amides is 1. The third kappa shape index (κ3) is 8.30. The van der Waals surface area contributed by atoms with Crippen LogP contribution >= 0.6 is 0 Å². The van der Waals surface area contributed by atoms with Crippen LogP contribution in [0.4, 0.5) is 17.6 Å². The molecule has 1 aliphatic heterocycles. The van der Waals surface area contributed by atoms with Gasteiger partial charge in [0.2, 0.25) is 5.91 Å². The van der Waals surface area contributed by atoms with E-state index < -0.39 is 24.9 Å². The highest BCUT2D eigenvalue weighted by Crippen LogP contribution is 2.28. The van der Waals surface area contributed by atoms with Gasteiger partial charge >= 0.3 is 13.2 Å². The van der Waals surface area contributed by atoms with Crippen molar-refractivity contribution in [1.82, 2.24) is 5.32 Å². The maximum Gasteiger partial charge on any atom is 0.387 e. The molecule has 0 aliphatic carbocycles. The molecule has 1 heterocycles. The largest absolute Gasteiger partial charge is 0.491 e. The summed E-state index contributed by atoms with van der Waals surface area (Å²) in [5.41, 5.74) is 0.927. The predicted octanol–water partition coefficient (Wildman–Crippen LogP) is 4.78. The van der Waals surface area contributed by atoms with Gasteiger partial charge in [0, 0.05) is 30.9 Å². The quantitative estimate of drug-likeness (QED) is 0.379. The minimum atomic E-state index is -3.18. The zero-order valence-electron chi connectivity index (χ0n) is 17.5. The summed E-state index contributed by atoms with van der Waals surface area (Å²) in [6.07, 6.45) is 4.51. The van der Waals surface area contributed by atoms with E-state index in [0.717, 1.165) is 43.2 Å². The van der Waals surface area contributed by atoms with Crippen molar-refractivity contribution in [3.05, 3.63) is 59.7 Å². The molecule has 178 valence electrons. The molecular weight excluding hydrogens is 446 g/mol. The van der Waals surface area contributed by atoms with E-state index in [1.165, 1.54) is 12.1 Å². The number of carbonyl (C=O) groups excluding carboxylic acids is 1. The molecule has 3 rings (SSSR count). The molecule has 1 fully saturated rings. The number of nitrogens with one attached hydrogen (secondary N) is 1. The second kappa shape index (κ2) is 12.1. The average molecular weight is 469 g/mol. The Morgan fingerprint density at radius 1 is 1.06 bits per heavy atom. The third-order valence-electron chi connectivity index (χ3n) is 4.69. The molecule has 2 aromatic rings. The monoisotopic (exact) mass is 469 g/mol. The number of ether oxygens (including phenoxy) is 4. The highest BCUT2D eigenvalue weighted by Gasteiger charge is 2.16. The first-order chi connectivity index (χ1) is 15.9. The Bertz CT molecular complexity index is 931. The maximum absolute atomic E-state index is 12.6. The number of hydrogen-bond acceptors (Lipinski definition) is 5. The lowest BCUT2D eigenvalue weighted by Gasteiger charge is -2.12. The molecule has 1 unspecified atom stereocenters. The molecule has 1 amide bonds. The van der Waals surface area contributed by atoms with Crippen LogP contribution in [0.2, 0.25) is 0 Å². The SMILES string of the molecule is O=C(/C=C/c1ccc(OC(F)F)cc1OC(F)F)NCc1ccc(OCC2CCCO2)cc1. The second-order valence-corrected chi connectivity index (χ2v) is 7.10. The topological polar surface area (TPSA) is 66.0 Å². The number of hydrogen-bond donors (Lipinski definition) is 1.